The number of aromatic nitrogens is 2. The van der Waals surface area contributed by atoms with Gasteiger partial charge in [-0.25, -0.2) is 0 Å². The van der Waals surface area contributed by atoms with Crippen molar-refractivity contribution in [1.29, 1.82) is 0 Å². The van der Waals surface area contributed by atoms with Gasteiger partial charge >= 0.3 is 0 Å². The zero-order valence-electron chi connectivity index (χ0n) is 16.3. The number of nitrogens with zero attached hydrogens (tertiary/aromatic N) is 1. The van der Waals surface area contributed by atoms with Crippen molar-refractivity contribution in [3.05, 3.63) is 95.8 Å². The maximum absolute atomic E-state index is 3.88. The molecule has 0 saturated carbocycles. The topological polar surface area (TPSA) is 28.7 Å². The van der Waals surface area contributed by atoms with Gasteiger partial charge in [0.25, 0.3) is 0 Å². The van der Waals surface area contributed by atoms with E-state index >= 15 is 0 Å². The van der Waals surface area contributed by atoms with Gasteiger partial charge in [0.05, 0.1) is 0 Å². The van der Waals surface area contributed by atoms with Crippen LogP contribution in [0.1, 0.15) is 11.1 Å². The van der Waals surface area contributed by atoms with Crippen molar-refractivity contribution in [2.45, 2.75) is 18.7 Å². The van der Waals surface area contributed by atoms with Crippen LogP contribution in [0.3, 0.4) is 0 Å². The summed E-state index contributed by atoms with van der Waals surface area (Å²) in [5.41, 5.74) is 3.93. The summed E-state index contributed by atoms with van der Waals surface area (Å²) in [6, 6.07) is 20.8. The van der Waals surface area contributed by atoms with Gasteiger partial charge in [0.2, 0.25) is 0 Å². The molecule has 3 aromatic heterocycles. The lowest BCUT2D eigenvalue weighted by Gasteiger charge is -1.88. The number of fused-ring (bicyclic) bond motifs is 2. The Morgan fingerprint density at radius 2 is 1.50 bits per heavy atom. The summed E-state index contributed by atoms with van der Waals surface area (Å²) in [6.45, 7) is 4.26. The van der Waals surface area contributed by atoms with E-state index in [0.717, 1.165) is 0 Å². The molecule has 0 bridgehead atoms. The normalized spacial score (nSPS) is 10.1. The first kappa shape index (κ1) is 20.2. The number of nitrogens with one attached hydrogen (secondary N) is 1. The Kier molecular flexibility index (Phi) is 7.29. The van der Waals surface area contributed by atoms with E-state index in [0.29, 0.717) is 0 Å². The van der Waals surface area contributed by atoms with E-state index in [4.69, 9.17) is 0 Å². The van der Waals surface area contributed by atoms with Crippen LogP contribution in [-0.4, -0.2) is 16.2 Å². The van der Waals surface area contributed by atoms with Gasteiger partial charge in [-0.15, -0.1) is 23.1 Å². The van der Waals surface area contributed by atoms with E-state index in [1.54, 1.807) is 24.2 Å². The Morgan fingerprint density at radius 3 is 2.14 bits per heavy atom. The van der Waals surface area contributed by atoms with Crippen molar-refractivity contribution < 1.29 is 0 Å². The highest BCUT2D eigenvalue weighted by Crippen LogP contribution is 2.24. The van der Waals surface area contributed by atoms with E-state index in [-0.39, 0.29) is 0 Å². The maximum atomic E-state index is 3.88. The van der Waals surface area contributed by atoms with Crippen molar-refractivity contribution in [1.82, 2.24) is 9.97 Å². The molecule has 0 aliphatic carbocycles. The molecular weight excluding hydrogens is 380 g/mol. The summed E-state index contributed by atoms with van der Waals surface area (Å²) < 4.78 is 1.39. The van der Waals surface area contributed by atoms with Crippen LogP contribution in [0.5, 0.6) is 0 Å². The number of rotatable bonds is 1. The Labute approximate surface area is 174 Å². The molecule has 2 nitrogen and oxygen atoms in total. The lowest BCUT2D eigenvalue weighted by molar-refractivity contribution is 1.27. The predicted octanol–water partition coefficient (Wildman–Crippen LogP) is 7.49. The predicted molar refractivity (Wildman–Crippen MR) is 126 cm³/mol. The van der Waals surface area contributed by atoms with E-state index < -0.39 is 0 Å². The molecule has 0 amide bonds. The fourth-order valence-electron chi connectivity index (χ4n) is 2.80. The zero-order chi connectivity index (χ0) is 19.8. The number of thioether (sulfide) groups is 1. The van der Waals surface area contributed by atoms with Crippen LogP contribution in [0.25, 0.3) is 21.0 Å². The van der Waals surface area contributed by atoms with Gasteiger partial charge in [-0.2, -0.15) is 0 Å². The number of hydrogen-bond acceptors (Lipinski definition) is 3. The number of para-hydroxylation sites is 1. The largest absolute Gasteiger partial charge is 0.361 e. The molecule has 0 aliphatic rings. The molecule has 1 N–H and O–H groups in total. The highest BCUT2D eigenvalue weighted by atomic mass is 32.2. The first-order valence-corrected chi connectivity index (χ1v) is 11.2. The van der Waals surface area contributed by atoms with Gasteiger partial charge in [-0.3, -0.25) is 4.98 Å². The molecule has 142 valence electrons. The second-order valence-electron chi connectivity index (χ2n) is 6.32. The van der Waals surface area contributed by atoms with Gasteiger partial charge in [-0.1, -0.05) is 36.4 Å². The molecule has 0 spiro atoms. The number of hydrogen-bond donors (Lipinski definition) is 1. The Balaban J connectivity index is 0.000000122. The van der Waals surface area contributed by atoms with Crippen LogP contribution in [0.2, 0.25) is 0 Å². The number of aryl methyl sites for hydroxylation is 2. The van der Waals surface area contributed by atoms with E-state index in [2.05, 4.69) is 77.9 Å². The molecule has 0 fully saturated rings. The monoisotopic (exact) mass is 404 g/mol. The SMILES string of the molecule is CSc1ccncc1.Cc1c[nH]c2ccccc12.Cc1csc2ccccc12. The number of aromatic amines is 1. The van der Waals surface area contributed by atoms with Gasteiger partial charge in [-0.05, 0) is 66.3 Å². The van der Waals surface area contributed by atoms with Gasteiger partial charge in [0, 0.05) is 39.1 Å². The van der Waals surface area contributed by atoms with Crippen LogP contribution in [0.4, 0.5) is 0 Å². The molecule has 28 heavy (non-hydrogen) atoms. The second-order valence-corrected chi connectivity index (χ2v) is 8.11. The summed E-state index contributed by atoms with van der Waals surface area (Å²) in [5, 5.41) is 4.92. The summed E-state index contributed by atoms with van der Waals surface area (Å²) in [7, 11) is 0. The number of benzene rings is 2. The number of thiophene rings is 1. The smallest absolute Gasteiger partial charge is 0.0456 e. The van der Waals surface area contributed by atoms with Crippen LogP contribution in [0.15, 0.2) is 89.5 Å². The van der Waals surface area contributed by atoms with Crippen LogP contribution < -0.4 is 0 Å². The molecule has 5 rings (SSSR count). The molecule has 4 heteroatoms. The van der Waals surface area contributed by atoms with Crippen molar-refractivity contribution >= 4 is 44.1 Å². The Bertz CT molecular complexity index is 1050. The minimum Gasteiger partial charge on any atom is -0.361 e. The van der Waals surface area contributed by atoms with Crippen molar-refractivity contribution in [3.8, 4) is 0 Å². The van der Waals surface area contributed by atoms with Crippen molar-refractivity contribution in [2.75, 3.05) is 6.26 Å². The lowest BCUT2D eigenvalue weighted by atomic mass is 10.2. The third-order valence-corrected chi connectivity index (χ3v) is 6.18. The summed E-state index contributed by atoms with van der Waals surface area (Å²) >= 11 is 3.54. The van der Waals surface area contributed by atoms with Gasteiger partial charge < -0.3 is 4.98 Å². The summed E-state index contributed by atoms with van der Waals surface area (Å²) in [6.07, 6.45) is 7.68. The van der Waals surface area contributed by atoms with E-state index in [1.807, 2.05) is 35.7 Å². The van der Waals surface area contributed by atoms with Crippen molar-refractivity contribution in [2.24, 2.45) is 0 Å². The average Bonchev–Trinajstić information content (AvgIpc) is 3.33. The Morgan fingerprint density at radius 1 is 0.821 bits per heavy atom. The molecule has 0 radical (unpaired) electrons. The molecule has 3 heterocycles. The van der Waals surface area contributed by atoms with Crippen LogP contribution >= 0.6 is 23.1 Å². The quantitative estimate of drug-likeness (QED) is 0.293. The fourth-order valence-corrected chi connectivity index (χ4v) is 4.14. The summed E-state index contributed by atoms with van der Waals surface area (Å²) in [5.74, 6) is 0. The van der Waals surface area contributed by atoms with E-state index in [9.17, 15) is 0 Å². The third-order valence-electron chi connectivity index (χ3n) is 4.36. The fraction of sp³-hybridized carbons (Fsp3) is 0.125. The molecule has 0 saturated heterocycles. The van der Waals surface area contributed by atoms with Gasteiger partial charge in [0.1, 0.15) is 0 Å². The molecule has 0 atom stereocenters. The average molecular weight is 405 g/mol. The molecule has 5 aromatic rings. The maximum Gasteiger partial charge on any atom is 0.0456 e. The summed E-state index contributed by atoms with van der Waals surface area (Å²) in [4.78, 5) is 8.33. The first-order valence-electron chi connectivity index (χ1n) is 9.08. The second kappa shape index (κ2) is 10.1. The first-order chi connectivity index (χ1) is 13.7. The molecular formula is C24H24N2S2. The van der Waals surface area contributed by atoms with Crippen molar-refractivity contribution in [3.63, 3.8) is 0 Å². The zero-order valence-corrected chi connectivity index (χ0v) is 18.0. The van der Waals surface area contributed by atoms with Crippen LogP contribution in [-0.2, 0) is 0 Å². The molecule has 0 unspecified atom stereocenters. The molecule has 2 aromatic carbocycles. The lowest BCUT2D eigenvalue weighted by Crippen LogP contribution is -1.68. The number of pyridine rings is 1. The minimum absolute atomic E-state index is 1.22. The van der Waals surface area contributed by atoms with Crippen LogP contribution in [0, 0.1) is 13.8 Å². The standard InChI is InChI=1S/C9H9N.C9H8S.C6H7NS/c2*1-7-6-10-9-5-3-2-4-8(7)9;1-8-6-2-4-7-5-3-6/h2-6,10H,1H3;2-6H,1H3;2-5H,1H3. The highest BCUT2D eigenvalue weighted by molar-refractivity contribution is 7.98. The highest BCUT2D eigenvalue weighted by Gasteiger charge is 1.95. The van der Waals surface area contributed by atoms with Gasteiger partial charge in [0.15, 0.2) is 0 Å². The third kappa shape index (κ3) is 5.24. The Hall–Kier alpha value is -2.56. The molecule has 0 aliphatic heterocycles. The number of H-pyrrole nitrogens is 1. The van der Waals surface area contributed by atoms with E-state index in [1.165, 1.54) is 37.0 Å². The minimum atomic E-state index is 1.22.